The average Bonchev–Trinajstić information content (AvgIpc) is 3.18. The van der Waals surface area contributed by atoms with E-state index >= 15 is 0 Å². The van der Waals surface area contributed by atoms with Crippen LogP contribution in [-0.4, -0.2) is 62.7 Å². The number of fused-ring (bicyclic) bond motifs is 1. The Kier molecular flexibility index (Phi) is 4.33. The first-order valence-electron chi connectivity index (χ1n) is 8.04. The van der Waals surface area contributed by atoms with Crippen molar-refractivity contribution >= 4 is 16.3 Å². The number of benzene rings is 1. The van der Waals surface area contributed by atoms with Crippen LogP contribution in [0, 0.1) is 17.5 Å². The quantitative estimate of drug-likeness (QED) is 0.703. The van der Waals surface area contributed by atoms with Crippen LogP contribution in [0.4, 0.5) is 13.2 Å². The van der Waals surface area contributed by atoms with E-state index in [0.717, 1.165) is 25.2 Å². The lowest BCUT2D eigenvalue weighted by Crippen LogP contribution is -2.46. The first-order chi connectivity index (χ1) is 12.5. The number of piperazine rings is 1. The molecule has 0 bridgehead atoms. The lowest BCUT2D eigenvalue weighted by molar-refractivity contribution is 0.127. The number of likely N-dealkylation sites (N-methyl/N-ethyl adjacent to an activating group) is 1. The third kappa shape index (κ3) is 2.83. The van der Waals surface area contributed by atoms with Crippen molar-refractivity contribution < 1.29 is 18.3 Å². The van der Waals surface area contributed by atoms with Gasteiger partial charge in [-0.05, 0) is 24.7 Å². The molecule has 1 atom stereocenters. The Bertz CT molecular complexity index is 928. The molecule has 1 aliphatic rings. The van der Waals surface area contributed by atoms with E-state index in [1.54, 1.807) is 0 Å². The molecule has 0 saturated carbocycles. The van der Waals surface area contributed by atoms with Gasteiger partial charge in [0.1, 0.15) is 6.33 Å². The molecule has 1 fully saturated rings. The van der Waals surface area contributed by atoms with Gasteiger partial charge in [0, 0.05) is 26.2 Å². The normalized spacial score (nSPS) is 17.8. The van der Waals surface area contributed by atoms with Crippen molar-refractivity contribution in [3.63, 3.8) is 0 Å². The number of hydrogen-bond acceptors (Lipinski definition) is 6. The summed E-state index contributed by atoms with van der Waals surface area (Å²) in [6, 6.07) is 1.34. The molecular formula is C16H16F3N5OS. The molecule has 0 radical (unpaired) electrons. The topological polar surface area (TPSA) is 56.9 Å². The summed E-state index contributed by atoms with van der Waals surface area (Å²) >= 11 is 1.19. The molecule has 3 aromatic rings. The van der Waals surface area contributed by atoms with Gasteiger partial charge in [0.2, 0.25) is 10.8 Å². The fourth-order valence-corrected chi connectivity index (χ4v) is 4.30. The number of aromatic hydroxyl groups is 1. The SMILES string of the molecule is CN1CCN([C@H](c2cc(F)c(F)c(F)c2)c2sc3ncnn3c2O)CC1. The zero-order valence-electron chi connectivity index (χ0n) is 13.9. The van der Waals surface area contributed by atoms with E-state index in [2.05, 4.69) is 15.0 Å². The van der Waals surface area contributed by atoms with Crippen LogP contribution in [0.2, 0.25) is 0 Å². The third-order valence-electron chi connectivity index (χ3n) is 4.61. The van der Waals surface area contributed by atoms with E-state index in [1.807, 2.05) is 11.9 Å². The van der Waals surface area contributed by atoms with Crippen molar-refractivity contribution in [1.29, 1.82) is 0 Å². The van der Waals surface area contributed by atoms with Gasteiger partial charge >= 0.3 is 0 Å². The third-order valence-corrected chi connectivity index (χ3v) is 5.70. The van der Waals surface area contributed by atoms with Gasteiger partial charge in [0.25, 0.3) is 0 Å². The molecule has 1 saturated heterocycles. The second-order valence-corrected chi connectivity index (χ2v) is 7.29. The highest BCUT2D eigenvalue weighted by molar-refractivity contribution is 7.17. The number of thiazole rings is 1. The molecule has 1 N–H and O–H groups in total. The summed E-state index contributed by atoms with van der Waals surface area (Å²) in [6.45, 7) is 2.80. The predicted molar refractivity (Wildman–Crippen MR) is 89.8 cm³/mol. The van der Waals surface area contributed by atoms with E-state index in [4.69, 9.17) is 0 Å². The zero-order valence-corrected chi connectivity index (χ0v) is 14.7. The van der Waals surface area contributed by atoms with Crippen LogP contribution in [0.25, 0.3) is 4.96 Å². The van der Waals surface area contributed by atoms with Crippen LogP contribution in [0.5, 0.6) is 5.88 Å². The number of rotatable bonds is 3. The number of nitrogens with zero attached hydrogens (tertiary/aromatic N) is 5. The van der Waals surface area contributed by atoms with Crippen LogP contribution >= 0.6 is 11.3 Å². The lowest BCUT2D eigenvalue weighted by atomic mass is 10.0. The van der Waals surface area contributed by atoms with Crippen molar-refractivity contribution in [2.45, 2.75) is 6.04 Å². The Balaban J connectivity index is 1.84. The zero-order chi connectivity index (χ0) is 18.4. The predicted octanol–water partition coefficient (Wildman–Crippen LogP) is 2.25. The van der Waals surface area contributed by atoms with Crippen LogP contribution in [0.1, 0.15) is 16.5 Å². The Morgan fingerprint density at radius 2 is 1.77 bits per heavy atom. The molecule has 2 aromatic heterocycles. The average molecular weight is 383 g/mol. The summed E-state index contributed by atoms with van der Waals surface area (Å²) in [4.78, 5) is 9.15. The minimum absolute atomic E-state index is 0.128. The molecule has 138 valence electrons. The summed E-state index contributed by atoms with van der Waals surface area (Å²) in [5.74, 6) is -4.13. The number of halogens is 3. The van der Waals surface area contributed by atoms with Crippen LogP contribution < -0.4 is 0 Å². The fourth-order valence-electron chi connectivity index (χ4n) is 3.21. The van der Waals surface area contributed by atoms with Gasteiger partial charge < -0.3 is 10.0 Å². The molecule has 1 aromatic carbocycles. The van der Waals surface area contributed by atoms with Crippen molar-refractivity contribution in [2.75, 3.05) is 33.2 Å². The van der Waals surface area contributed by atoms with E-state index in [0.29, 0.717) is 22.9 Å². The highest BCUT2D eigenvalue weighted by Gasteiger charge is 2.32. The minimum Gasteiger partial charge on any atom is -0.492 e. The molecule has 4 rings (SSSR count). The summed E-state index contributed by atoms with van der Waals surface area (Å²) in [6.07, 6.45) is 1.32. The van der Waals surface area contributed by atoms with Gasteiger partial charge in [0.15, 0.2) is 17.5 Å². The molecule has 0 aliphatic carbocycles. The maximum atomic E-state index is 13.9. The van der Waals surface area contributed by atoms with Crippen LogP contribution in [0.15, 0.2) is 18.5 Å². The second-order valence-electron chi connectivity index (χ2n) is 6.28. The molecule has 26 heavy (non-hydrogen) atoms. The first kappa shape index (κ1) is 17.3. The van der Waals surface area contributed by atoms with Crippen molar-refractivity contribution in [1.82, 2.24) is 24.4 Å². The van der Waals surface area contributed by atoms with Gasteiger partial charge in [-0.3, -0.25) is 4.90 Å². The summed E-state index contributed by atoms with van der Waals surface area (Å²) in [5, 5.41) is 14.5. The number of aromatic nitrogens is 3. The van der Waals surface area contributed by atoms with Gasteiger partial charge in [-0.25, -0.2) is 18.2 Å². The van der Waals surface area contributed by atoms with E-state index < -0.39 is 23.5 Å². The monoisotopic (exact) mass is 383 g/mol. The maximum absolute atomic E-state index is 13.9. The van der Waals surface area contributed by atoms with Crippen molar-refractivity contribution in [2.24, 2.45) is 0 Å². The highest BCUT2D eigenvalue weighted by atomic mass is 32.1. The second kappa shape index (κ2) is 6.53. The van der Waals surface area contributed by atoms with Gasteiger partial charge in [-0.15, -0.1) is 0 Å². The van der Waals surface area contributed by atoms with Gasteiger partial charge in [0.05, 0.1) is 10.9 Å². The molecule has 6 nitrogen and oxygen atoms in total. The Morgan fingerprint density at radius 1 is 1.12 bits per heavy atom. The Hall–Kier alpha value is -2.17. The molecular weight excluding hydrogens is 367 g/mol. The molecule has 0 unspecified atom stereocenters. The molecule has 3 heterocycles. The highest BCUT2D eigenvalue weighted by Crippen LogP contribution is 2.40. The van der Waals surface area contributed by atoms with Crippen LogP contribution in [-0.2, 0) is 0 Å². The maximum Gasteiger partial charge on any atom is 0.230 e. The van der Waals surface area contributed by atoms with E-state index in [-0.39, 0.29) is 11.4 Å². The summed E-state index contributed by atoms with van der Waals surface area (Å²) in [5.41, 5.74) is 0.241. The molecule has 10 heteroatoms. The fraction of sp³-hybridized carbons (Fsp3) is 0.375. The smallest absolute Gasteiger partial charge is 0.230 e. The Morgan fingerprint density at radius 3 is 2.38 bits per heavy atom. The number of hydrogen-bond donors (Lipinski definition) is 1. The first-order valence-corrected chi connectivity index (χ1v) is 8.85. The Labute approximate surface area is 151 Å². The minimum atomic E-state index is -1.50. The molecule has 0 amide bonds. The van der Waals surface area contributed by atoms with E-state index in [9.17, 15) is 18.3 Å². The van der Waals surface area contributed by atoms with Crippen molar-refractivity contribution in [3.05, 3.63) is 46.4 Å². The summed E-state index contributed by atoms with van der Waals surface area (Å²) < 4.78 is 42.4. The summed E-state index contributed by atoms with van der Waals surface area (Å²) in [7, 11) is 1.99. The molecule has 1 aliphatic heterocycles. The molecule has 0 spiro atoms. The van der Waals surface area contributed by atoms with Gasteiger partial charge in [-0.2, -0.15) is 9.61 Å². The van der Waals surface area contributed by atoms with Gasteiger partial charge in [-0.1, -0.05) is 11.3 Å². The van der Waals surface area contributed by atoms with Crippen LogP contribution in [0.3, 0.4) is 0 Å². The lowest BCUT2D eigenvalue weighted by Gasteiger charge is -2.37. The van der Waals surface area contributed by atoms with E-state index in [1.165, 1.54) is 22.2 Å². The largest absolute Gasteiger partial charge is 0.492 e. The van der Waals surface area contributed by atoms with Crippen molar-refractivity contribution in [3.8, 4) is 5.88 Å². The standard InChI is InChI=1S/C16H16F3N5OS/c1-22-2-4-23(5-3-22)13(9-6-10(17)12(19)11(18)7-9)14-15(25)24-16(26-14)20-8-21-24/h6-8,13,25H,2-5H2,1H3/t13-/m1/s1.